The fraction of sp³-hybridized carbons (Fsp3) is 0.400. The van der Waals surface area contributed by atoms with Crippen molar-refractivity contribution in [2.45, 2.75) is 11.3 Å². The molecular formula is C10H17N3O2S2. The number of hydrogen-bond donors (Lipinski definition) is 3. The molecule has 0 aliphatic carbocycles. The Morgan fingerprint density at radius 2 is 2.12 bits per heavy atom. The molecule has 0 heterocycles. The maximum absolute atomic E-state index is 11.2. The van der Waals surface area contributed by atoms with Crippen molar-refractivity contribution in [3.05, 3.63) is 18.2 Å². The van der Waals surface area contributed by atoms with Crippen LogP contribution in [0.15, 0.2) is 23.1 Å². The minimum atomic E-state index is -3.76. The van der Waals surface area contributed by atoms with Gasteiger partial charge in [0.2, 0.25) is 10.0 Å². The molecule has 0 aliphatic heterocycles. The normalized spacial score (nSPS) is 11.4. The van der Waals surface area contributed by atoms with Crippen molar-refractivity contribution in [2.75, 3.05) is 29.6 Å². The van der Waals surface area contributed by atoms with Crippen molar-refractivity contribution in [1.82, 2.24) is 0 Å². The Kier molecular flexibility index (Phi) is 5.10. The van der Waals surface area contributed by atoms with Crippen molar-refractivity contribution in [3.63, 3.8) is 0 Å². The third-order valence-corrected chi connectivity index (χ3v) is 3.88. The van der Waals surface area contributed by atoms with E-state index >= 15 is 0 Å². The average Bonchev–Trinajstić information content (AvgIpc) is 2.25. The second-order valence-electron chi connectivity index (χ2n) is 3.54. The van der Waals surface area contributed by atoms with Crippen LogP contribution >= 0.6 is 11.8 Å². The summed E-state index contributed by atoms with van der Waals surface area (Å²) >= 11 is 1.76. The summed E-state index contributed by atoms with van der Waals surface area (Å²) in [6.07, 6.45) is 3.02. The SMILES string of the molecule is CSCCCNc1cccc(S(N)(=O)=O)c1N. The number of nitrogens with two attached hydrogens (primary N) is 2. The Bertz CT molecular complexity index is 474. The number of para-hydroxylation sites is 1. The Labute approximate surface area is 106 Å². The van der Waals surface area contributed by atoms with Gasteiger partial charge in [-0.05, 0) is 30.6 Å². The molecule has 96 valence electrons. The van der Waals surface area contributed by atoms with E-state index in [2.05, 4.69) is 5.32 Å². The van der Waals surface area contributed by atoms with Gasteiger partial charge in [0.05, 0.1) is 11.4 Å². The van der Waals surface area contributed by atoms with E-state index in [1.807, 2.05) is 6.26 Å². The van der Waals surface area contributed by atoms with Crippen LogP contribution in [0.5, 0.6) is 0 Å². The molecule has 0 aliphatic rings. The highest BCUT2D eigenvalue weighted by atomic mass is 32.2. The number of primary sulfonamides is 1. The van der Waals surface area contributed by atoms with Crippen LogP contribution in [0, 0.1) is 0 Å². The van der Waals surface area contributed by atoms with Gasteiger partial charge >= 0.3 is 0 Å². The summed E-state index contributed by atoms with van der Waals surface area (Å²) in [5.41, 5.74) is 6.55. The van der Waals surface area contributed by atoms with Crippen molar-refractivity contribution in [1.29, 1.82) is 0 Å². The molecule has 1 aromatic carbocycles. The first-order valence-corrected chi connectivity index (χ1v) is 8.05. The van der Waals surface area contributed by atoms with Gasteiger partial charge in [-0.3, -0.25) is 0 Å². The average molecular weight is 275 g/mol. The molecule has 1 aromatic rings. The molecule has 5 N–H and O–H groups in total. The van der Waals surface area contributed by atoms with E-state index in [9.17, 15) is 8.42 Å². The molecular weight excluding hydrogens is 258 g/mol. The molecule has 0 saturated heterocycles. The summed E-state index contributed by atoms with van der Waals surface area (Å²) in [6, 6.07) is 4.76. The monoisotopic (exact) mass is 275 g/mol. The van der Waals surface area contributed by atoms with Crippen LogP contribution in [0.3, 0.4) is 0 Å². The fourth-order valence-corrected chi connectivity index (χ4v) is 2.50. The lowest BCUT2D eigenvalue weighted by Crippen LogP contribution is -2.15. The summed E-state index contributed by atoms with van der Waals surface area (Å²) in [6.45, 7) is 0.749. The van der Waals surface area contributed by atoms with Crippen LogP contribution in [-0.4, -0.2) is 27.0 Å². The van der Waals surface area contributed by atoms with Gasteiger partial charge in [-0.1, -0.05) is 6.07 Å². The number of nitrogen functional groups attached to an aromatic ring is 1. The molecule has 0 radical (unpaired) electrons. The molecule has 0 aromatic heterocycles. The number of nitrogens with one attached hydrogen (secondary N) is 1. The Morgan fingerprint density at radius 3 is 2.71 bits per heavy atom. The summed E-state index contributed by atoms with van der Waals surface area (Å²) < 4.78 is 22.5. The molecule has 0 unspecified atom stereocenters. The quantitative estimate of drug-likeness (QED) is 0.533. The van der Waals surface area contributed by atoms with E-state index in [-0.39, 0.29) is 10.6 Å². The van der Waals surface area contributed by atoms with Crippen LogP contribution in [-0.2, 0) is 10.0 Å². The van der Waals surface area contributed by atoms with Gasteiger partial charge in [0.15, 0.2) is 0 Å². The maximum Gasteiger partial charge on any atom is 0.240 e. The molecule has 0 bridgehead atoms. The minimum Gasteiger partial charge on any atom is -0.396 e. The van der Waals surface area contributed by atoms with Gasteiger partial charge in [-0.15, -0.1) is 0 Å². The second kappa shape index (κ2) is 6.13. The smallest absolute Gasteiger partial charge is 0.240 e. The zero-order valence-corrected chi connectivity index (χ0v) is 11.3. The largest absolute Gasteiger partial charge is 0.396 e. The number of hydrogen-bond acceptors (Lipinski definition) is 5. The molecule has 1 rings (SSSR count). The van der Waals surface area contributed by atoms with E-state index in [0.717, 1.165) is 18.7 Å². The summed E-state index contributed by atoms with van der Waals surface area (Å²) in [5.74, 6) is 1.04. The Balaban J connectivity index is 2.81. The lowest BCUT2D eigenvalue weighted by Gasteiger charge is -2.11. The van der Waals surface area contributed by atoms with Gasteiger partial charge in [-0.2, -0.15) is 11.8 Å². The first-order chi connectivity index (χ1) is 7.96. The molecule has 5 nitrogen and oxygen atoms in total. The molecule has 0 saturated carbocycles. The van der Waals surface area contributed by atoms with E-state index in [1.165, 1.54) is 6.07 Å². The van der Waals surface area contributed by atoms with Gasteiger partial charge in [0.25, 0.3) is 0 Å². The summed E-state index contributed by atoms with van der Waals surface area (Å²) in [7, 11) is -3.76. The lowest BCUT2D eigenvalue weighted by atomic mass is 10.2. The van der Waals surface area contributed by atoms with Gasteiger partial charge in [-0.25, -0.2) is 13.6 Å². The van der Waals surface area contributed by atoms with Gasteiger partial charge in [0.1, 0.15) is 4.90 Å². The molecule has 0 spiro atoms. The van der Waals surface area contributed by atoms with E-state index in [0.29, 0.717) is 5.69 Å². The third-order valence-electron chi connectivity index (χ3n) is 2.21. The highest BCUT2D eigenvalue weighted by Gasteiger charge is 2.14. The van der Waals surface area contributed by atoms with Crippen LogP contribution < -0.4 is 16.2 Å². The molecule has 7 heteroatoms. The number of thioether (sulfide) groups is 1. The summed E-state index contributed by atoms with van der Waals surface area (Å²) in [5, 5.41) is 8.17. The summed E-state index contributed by atoms with van der Waals surface area (Å²) in [4.78, 5) is -0.0348. The molecule has 0 atom stereocenters. The van der Waals surface area contributed by atoms with Crippen molar-refractivity contribution in [2.24, 2.45) is 5.14 Å². The lowest BCUT2D eigenvalue weighted by molar-refractivity contribution is 0.598. The third kappa shape index (κ3) is 4.10. The first-order valence-electron chi connectivity index (χ1n) is 5.11. The van der Waals surface area contributed by atoms with E-state index in [1.54, 1.807) is 23.9 Å². The van der Waals surface area contributed by atoms with Crippen molar-refractivity contribution in [3.8, 4) is 0 Å². The van der Waals surface area contributed by atoms with Crippen LogP contribution in [0.4, 0.5) is 11.4 Å². The maximum atomic E-state index is 11.2. The molecule has 0 amide bonds. The van der Waals surface area contributed by atoms with Crippen LogP contribution in [0.25, 0.3) is 0 Å². The number of benzene rings is 1. The Morgan fingerprint density at radius 1 is 1.41 bits per heavy atom. The highest BCUT2D eigenvalue weighted by Crippen LogP contribution is 2.25. The standard InChI is InChI=1S/C10H17N3O2S2/c1-16-7-3-6-13-8-4-2-5-9(10(8)11)17(12,14)15/h2,4-5,13H,3,6-7,11H2,1H3,(H2,12,14,15). The first kappa shape index (κ1) is 14.1. The van der Waals surface area contributed by atoms with Crippen LogP contribution in [0.2, 0.25) is 0 Å². The molecule has 0 fully saturated rings. The van der Waals surface area contributed by atoms with Gasteiger partial charge < -0.3 is 11.1 Å². The van der Waals surface area contributed by atoms with Crippen LogP contribution in [0.1, 0.15) is 6.42 Å². The Hall–Kier alpha value is -0.920. The van der Waals surface area contributed by atoms with Crippen molar-refractivity contribution < 1.29 is 8.42 Å². The predicted molar refractivity (Wildman–Crippen MR) is 73.7 cm³/mol. The molecule has 17 heavy (non-hydrogen) atoms. The number of rotatable bonds is 6. The van der Waals surface area contributed by atoms with Gasteiger partial charge in [0, 0.05) is 6.54 Å². The topological polar surface area (TPSA) is 98.2 Å². The van der Waals surface area contributed by atoms with E-state index < -0.39 is 10.0 Å². The zero-order valence-electron chi connectivity index (χ0n) is 9.64. The zero-order chi connectivity index (χ0) is 12.9. The van der Waals surface area contributed by atoms with E-state index in [4.69, 9.17) is 10.9 Å². The number of sulfonamides is 1. The predicted octanol–water partition coefficient (Wildman–Crippen LogP) is 1.08. The second-order valence-corrected chi connectivity index (χ2v) is 6.05. The number of anilines is 2. The van der Waals surface area contributed by atoms with Crippen molar-refractivity contribution >= 4 is 33.2 Å². The fourth-order valence-electron chi connectivity index (χ4n) is 1.39. The minimum absolute atomic E-state index is 0.0348. The highest BCUT2D eigenvalue weighted by molar-refractivity contribution is 7.98.